The van der Waals surface area contributed by atoms with E-state index in [1.807, 2.05) is 5.32 Å². The molecule has 0 saturated heterocycles. The zero-order valence-corrected chi connectivity index (χ0v) is 11.4. The Morgan fingerprint density at radius 3 is 2.37 bits per heavy atom. The second kappa shape index (κ2) is 6.46. The molecule has 104 valence electrons. The SMILES string of the molecule is CC(CC(=O)O)NC(=O)Nc1c(F)cc(Br)cc1F. The third kappa shape index (κ3) is 4.82. The van der Waals surface area contributed by atoms with Crippen LogP contribution in [0.2, 0.25) is 0 Å². The summed E-state index contributed by atoms with van der Waals surface area (Å²) in [5.41, 5.74) is -0.594. The normalized spacial score (nSPS) is 11.8. The van der Waals surface area contributed by atoms with Gasteiger partial charge in [0.2, 0.25) is 0 Å². The Hall–Kier alpha value is -1.70. The van der Waals surface area contributed by atoms with Crippen LogP contribution in [0.25, 0.3) is 0 Å². The van der Waals surface area contributed by atoms with Crippen molar-refractivity contribution in [3.63, 3.8) is 0 Å². The minimum absolute atomic E-state index is 0.202. The number of carbonyl (C=O) groups is 2. The van der Waals surface area contributed by atoms with Gasteiger partial charge in [-0.05, 0) is 19.1 Å². The van der Waals surface area contributed by atoms with Gasteiger partial charge in [0, 0.05) is 10.5 Å². The summed E-state index contributed by atoms with van der Waals surface area (Å²) in [7, 11) is 0. The van der Waals surface area contributed by atoms with Crippen LogP contribution < -0.4 is 10.6 Å². The first-order chi connectivity index (χ1) is 8.79. The topological polar surface area (TPSA) is 78.4 Å². The standard InChI is InChI=1S/C11H11BrF2N2O3/c1-5(2-9(17)18)15-11(19)16-10-7(13)3-6(12)4-8(10)14/h3-5H,2H2,1H3,(H,17,18)(H2,15,16,19). The minimum Gasteiger partial charge on any atom is -0.481 e. The Bertz CT molecular complexity index is 488. The summed E-state index contributed by atoms with van der Waals surface area (Å²) in [6, 6.07) is 0.451. The Morgan fingerprint density at radius 2 is 1.89 bits per heavy atom. The Morgan fingerprint density at radius 1 is 1.37 bits per heavy atom. The summed E-state index contributed by atoms with van der Waals surface area (Å²) in [6.07, 6.45) is -0.293. The minimum atomic E-state index is -1.09. The van der Waals surface area contributed by atoms with Crippen molar-refractivity contribution in [2.24, 2.45) is 0 Å². The van der Waals surface area contributed by atoms with Crippen LogP contribution in [0.4, 0.5) is 19.3 Å². The van der Waals surface area contributed by atoms with Gasteiger partial charge in [0.25, 0.3) is 0 Å². The first kappa shape index (κ1) is 15.4. The zero-order chi connectivity index (χ0) is 14.6. The van der Waals surface area contributed by atoms with Gasteiger partial charge < -0.3 is 15.7 Å². The highest BCUT2D eigenvalue weighted by Crippen LogP contribution is 2.23. The largest absolute Gasteiger partial charge is 0.481 e. The van der Waals surface area contributed by atoms with Crippen molar-refractivity contribution in [3.05, 3.63) is 28.2 Å². The average molecular weight is 337 g/mol. The molecule has 5 nitrogen and oxygen atoms in total. The monoisotopic (exact) mass is 336 g/mol. The summed E-state index contributed by atoms with van der Waals surface area (Å²) < 4.78 is 27.0. The lowest BCUT2D eigenvalue weighted by molar-refractivity contribution is -0.137. The van der Waals surface area contributed by atoms with E-state index in [4.69, 9.17) is 5.11 Å². The molecule has 0 aliphatic rings. The zero-order valence-electron chi connectivity index (χ0n) is 9.84. The number of aliphatic carboxylic acids is 1. The van der Waals surface area contributed by atoms with Gasteiger partial charge in [-0.25, -0.2) is 13.6 Å². The smallest absolute Gasteiger partial charge is 0.319 e. The van der Waals surface area contributed by atoms with E-state index < -0.39 is 35.4 Å². The summed E-state index contributed by atoms with van der Waals surface area (Å²) in [4.78, 5) is 21.8. The molecule has 0 bridgehead atoms. The van der Waals surface area contributed by atoms with Gasteiger partial charge in [-0.1, -0.05) is 15.9 Å². The Kier molecular flexibility index (Phi) is 5.22. The summed E-state index contributed by atoms with van der Waals surface area (Å²) >= 11 is 2.91. The second-order valence-corrected chi connectivity index (χ2v) is 4.76. The second-order valence-electron chi connectivity index (χ2n) is 3.84. The number of benzene rings is 1. The van der Waals surface area contributed by atoms with Gasteiger partial charge in [0.1, 0.15) is 5.69 Å². The van der Waals surface area contributed by atoms with Crippen molar-refractivity contribution in [1.82, 2.24) is 5.32 Å². The van der Waals surface area contributed by atoms with Crippen LogP contribution in [0.3, 0.4) is 0 Å². The maximum atomic E-state index is 13.4. The van der Waals surface area contributed by atoms with Crippen LogP contribution in [0.15, 0.2) is 16.6 Å². The van der Waals surface area contributed by atoms with Crippen molar-refractivity contribution in [2.45, 2.75) is 19.4 Å². The third-order valence-corrected chi connectivity index (χ3v) is 2.56. The van der Waals surface area contributed by atoms with Crippen LogP contribution in [0, 0.1) is 11.6 Å². The quantitative estimate of drug-likeness (QED) is 0.790. The number of carboxylic acid groups (broad SMARTS) is 1. The number of hydrogen-bond donors (Lipinski definition) is 3. The molecule has 0 aliphatic carbocycles. The number of carboxylic acids is 1. The predicted molar refractivity (Wildman–Crippen MR) is 67.9 cm³/mol. The number of hydrogen-bond acceptors (Lipinski definition) is 2. The molecule has 8 heteroatoms. The molecular formula is C11H11BrF2N2O3. The van der Waals surface area contributed by atoms with E-state index in [0.29, 0.717) is 0 Å². The molecule has 1 aromatic rings. The van der Waals surface area contributed by atoms with Crippen molar-refractivity contribution < 1.29 is 23.5 Å². The average Bonchev–Trinajstić information content (AvgIpc) is 2.21. The van der Waals surface area contributed by atoms with Crippen LogP contribution >= 0.6 is 15.9 Å². The van der Waals surface area contributed by atoms with Crippen LogP contribution in [0.5, 0.6) is 0 Å². The highest BCUT2D eigenvalue weighted by molar-refractivity contribution is 9.10. The summed E-state index contributed by atoms with van der Waals surface area (Å²) in [5, 5.41) is 12.8. The van der Waals surface area contributed by atoms with E-state index in [1.54, 1.807) is 0 Å². The lowest BCUT2D eigenvalue weighted by atomic mass is 10.2. The third-order valence-electron chi connectivity index (χ3n) is 2.10. The highest BCUT2D eigenvalue weighted by Gasteiger charge is 2.15. The molecule has 0 heterocycles. The lowest BCUT2D eigenvalue weighted by Gasteiger charge is -2.13. The Labute approximate surface area is 116 Å². The van der Waals surface area contributed by atoms with E-state index in [0.717, 1.165) is 12.1 Å². The van der Waals surface area contributed by atoms with Gasteiger partial charge in [-0.2, -0.15) is 0 Å². The number of amides is 2. The van der Waals surface area contributed by atoms with Gasteiger partial charge in [0.15, 0.2) is 11.6 Å². The molecule has 1 aromatic carbocycles. The molecule has 1 unspecified atom stereocenters. The molecular weight excluding hydrogens is 326 g/mol. The Balaban J connectivity index is 2.70. The number of halogens is 3. The first-order valence-corrected chi connectivity index (χ1v) is 6.02. The van der Waals surface area contributed by atoms with Crippen molar-refractivity contribution in [1.29, 1.82) is 0 Å². The van der Waals surface area contributed by atoms with E-state index in [1.165, 1.54) is 6.92 Å². The van der Waals surface area contributed by atoms with E-state index >= 15 is 0 Å². The fourth-order valence-electron chi connectivity index (χ4n) is 1.35. The molecule has 0 aromatic heterocycles. The first-order valence-electron chi connectivity index (χ1n) is 5.23. The van der Waals surface area contributed by atoms with E-state index in [9.17, 15) is 18.4 Å². The van der Waals surface area contributed by atoms with Crippen molar-refractivity contribution in [3.8, 4) is 0 Å². The fourth-order valence-corrected chi connectivity index (χ4v) is 1.75. The number of nitrogens with one attached hydrogen (secondary N) is 2. The molecule has 19 heavy (non-hydrogen) atoms. The lowest BCUT2D eigenvalue weighted by Crippen LogP contribution is -2.37. The van der Waals surface area contributed by atoms with Gasteiger partial charge in [-0.3, -0.25) is 4.79 Å². The number of anilines is 1. The maximum absolute atomic E-state index is 13.4. The molecule has 0 spiro atoms. The summed E-state index contributed by atoms with van der Waals surface area (Å²) in [5.74, 6) is -2.96. The van der Waals surface area contributed by atoms with E-state index in [2.05, 4.69) is 21.2 Å². The molecule has 3 N–H and O–H groups in total. The van der Waals surface area contributed by atoms with Crippen molar-refractivity contribution >= 4 is 33.6 Å². The number of rotatable bonds is 4. The predicted octanol–water partition coefficient (Wildman–Crippen LogP) is 2.71. The molecule has 0 aliphatic heterocycles. The van der Waals surface area contributed by atoms with Crippen LogP contribution in [0.1, 0.15) is 13.3 Å². The van der Waals surface area contributed by atoms with Gasteiger partial charge in [-0.15, -0.1) is 0 Å². The fraction of sp³-hybridized carbons (Fsp3) is 0.273. The number of urea groups is 1. The molecule has 0 fully saturated rings. The molecule has 0 radical (unpaired) electrons. The molecule has 1 atom stereocenters. The van der Waals surface area contributed by atoms with Crippen LogP contribution in [-0.2, 0) is 4.79 Å². The highest BCUT2D eigenvalue weighted by atomic mass is 79.9. The van der Waals surface area contributed by atoms with Gasteiger partial charge in [0.05, 0.1) is 6.42 Å². The van der Waals surface area contributed by atoms with E-state index in [-0.39, 0.29) is 10.9 Å². The number of carbonyl (C=O) groups excluding carboxylic acids is 1. The maximum Gasteiger partial charge on any atom is 0.319 e. The molecule has 1 rings (SSSR count). The molecule has 0 saturated carbocycles. The van der Waals surface area contributed by atoms with Crippen LogP contribution in [-0.4, -0.2) is 23.1 Å². The van der Waals surface area contributed by atoms with Gasteiger partial charge >= 0.3 is 12.0 Å². The molecule has 2 amide bonds. The van der Waals surface area contributed by atoms with Crippen molar-refractivity contribution in [2.75, 3.05) is 5.32 Å². The summed E-state index contributed by atoms with van der Waals surface area (Å²) in [6.45, 7) is 1.46.